The molecule has 1 aromatic rings. The summed E-state index contributed by atoms with van der Waals surface area (Å²) in [7, 11) is 1.68. The van der Waals surface area contributed by atoms with Crippen molar-refractivity contribution in [1.82, 2.24) is 5.32 Å². The molecule has 4 nitrogen and oxygen atoms in total. The normalized spacial score (nSPS) is 24.8. The summed E-state index contributed by atoms with van der Waals surface area (Å²) in [6, 6.07) is 4.17. The van der Waals surface area contributed by atoms with E-state index >= 15 is 0 Å². The highest BCUT2D eigenvalue weighted by Gasteiger charge is 2.32. The molecule has 1 N–H and O–H groups in total. The van der Waals surface area contributed by atoms with Crippen molar-refractivity contribution in [2.24, 2.45) is 0 Å². The Morgan fingerprint density at radius 1 is 1.42 bits per heavy atom. The summed E-state index contributed by atoms with van der Waals surface area (Å²) in [6.45, 7) is 5.79. The molecule has 19 heavy (non-hydrogen) atoms. The molecular weight excluding hydrogens is 242 g/mol. The first-order chi connectivity index (χ1) is 9.24. The SMILES string of the molecule is CCCNC(c1ccc(COC)o1)C1CCC(C)O1. The van der Waals surface area contributed by atoms with Gasteiger partial charge in [-0.05, 0) is 44.9 Å². The van der Waals surface area contributed by atoms with Gasteiger partial charge in [-0.15, -0.1) is 0 Å². The van der Waals surface area contributed by atoms with E-state index in [-0.39, 0.29) is 12.1 Å². The van der Waals surface area contributed by atoms with Crippen LogP contribution in [-0.2, 0) is 16.1 Å². The fourth-order valence-electron chi connectivity index (χ4n) is 2.58. The van der Waals surface area contributed by atoms with Gasteiger partial charge in [-0.3, -0.25) is 0 Å². The van der Waals surface area contributed by atoms with Gasteiger partial charge in [0.2, 0.25) is 0 Å². The van der Waals surface area contributed by atoms with Gasteiger partial charge < -0.3 is 19.2 Å². The molecule has 1 aromatic heterocycles. The first-order valence-electron chi connectivity index (χ1n) is 7.21. The minimum atomic E-state index is 0.149. The molecule has 1 saturated heterocycles. The molecule has 0 bridgehead atoms. The number of ether oxygens (including phenoxy) is 2. The van der Waals surface area contributed by atoms with E-state index in [2.05, 4.69) is 19.2 Å². The highest BCUT2D eigenvalue weighted by Crippen LogP contribution is 2.31. The molecule has 108 valence electrons. The molecule has 1 fully saturated rings. The molecule has 2 rings (SSSR count). The second kappa shape index (κ2) is 7.08. The third-order valence-electron chi connectivity index (χ3n) is 3.53. The highest BCUT2D eigenvalue weighted by molar-refractivity contribution is 5.12. The maximum Gasteiger partial charge on any atom is 0.129 e. The van der Waals surface area contributed by atoms with Crippen LogP contribution in [0.4, 0.5) is 0 Å². The Morgan fingerprint density at radius 3 is 2.89 bits per heavy atom. The molecule has 0 saturated carbocycles. The highest BCUT2D eigenvalue weighted by atomic mass is 16.5. The van der Waals surface area contributed by atoms with Crippen LogP contribution in [0.2, 0.25) is 0 Å². The summed E-state index contributed by atoms with van der Waals surface area (Å²) in [4.78, 5) is 0. The smallest absolute Gasteiger partial charge is 0.129 e. The number of methoxy groups -OCH3 is 1. The molecular formula is C15H25NO3. The second-order valence-corrected chi connectivity index (χ2v) is 5.23. The van der Waals surface area contributed by atoms with Crippen LogP contribution in [0.1, 0.15) is 50.7 Å². The lowest BCUT2D eigenvalue weighted by Crippen LogP contribution is -2.32. The van der Waals surface area contributed by atoms with E-state index in [9.17, 15) is 0 Å². The molecule has 4 heteroatoms. The Morgan fingerprint density at radius 2 is 2.26 bits per heavy atom. The molecule has 0 aromatic carbocycles. The zero-order chi connectivity index (χ0) is 13.7. The number of hydrogen-bond donors (Lipinski definition) is 1. The fourth-order valence-corrected chi connectivity index (χ4v) is 2.58. The zero-order valence-corrected chi connectivity index (χ0v) is 12.1. The van der Waals surface area contributed by atoms with Crippen LogP contribution in [0.25, 0.3) is 0 Å². The van der Waals surface area contributed by atoms with Crippen LogP contribution in [-0.4, -0.2) is 25.9 Å². The van der Waals surface area contributed by atoms with Gasteiger partial charge in [0.15, 0.2) is 0 Å². The summed E-state index contributed by atoms with van der Waals surface area (Å²) in [5.74, 6) is 1.83. The van der Waals surface area contributed by atoms with Crippen LogP contribution in [0.3, 0.4) is 0 Å². The standard InChI is InChI=1S/C15H25NO3/c1-4-9-16-15(13-7-5-11(2)18-13)14-8-6-12(19-14)10-17-3/h6,8,11,13,15-16H,4-5,7,9-10H2,1-3H3. The van der Waals surface area contributed by atoms with E-state index in [1.165, 1.54) is 0 Å². The van der Waals surface area contributed by atoms with Crippen molar-refractivity contribution < 1.29 is 13.9 Å². The van der Waals surface area contributed by atoms with Crippen molar-refractivity contribution in [3.05, 3.63) is 23.7 Å². The Labute approximate surface area is 115 Å². The van der Waals surface area contributed by atoms with E-state index in [1.54, 1.807) is 7.11 Å². The summed E-state index contributed by atoms with van der Waals surface area (Å²) >= 11 is 0. The lowest BCUT2D eigenvalue weighted by atomic mass is 10.0. The summed E-state index contributed by atoms with van der Waals surface area (Å²) in [5, 5.41) is 3.54. The first-order valence-corrected chi connectivity index (χ1v) is 7.21. The van der Waals surface area contributed by atoms with Gasteiger partial charge in [-0.2, -0.15) is 0 Å². The van der Waals surface area contributed by atoms with E-state index < -0.39 is 0 Å². The predicted octanol–water partition coefficient (Wildman–Crippen LogP) is 3.03. The summed E-state index contributed by atoms with van der Waals surface area (Å²) in [5.41, 5.74) is 0. The van der Waals surface area contributed by atoms with Gasteiger partial charge in [-0.1, -0.05) is 6.92 Å². The maximum atomic E-state index is 5.99. The lowest BCUT2D eigenvalue weighted by Gasteiger charge is -2.23. The van der Waals surface area contributed by atoms with E-state index in [0.717, 1.165) is 37.3 Å². The molecule has 1 aliphatic rings. The Kier molecular flexibility index (Phi) is 5.43. The number of hydrogen-bond acceptors (Lipinski definition) is 4. The third-order valence-corrected chi connectivity index (χ3v) is 3.53. The topological polar surface area (TPSA) is 43.6 Å². The van der Waals surface area contributed by atoms with Crippen molar-refractivity contribution in [3.63, 3.8) is 0 Å². The van der Waals surface area contributed by atoms with Gasteiger partial charge in [0, 0.05) is 7.11 Å². The Balaban J connectivity index is 2.06. The van der Waals surface area contributed by atoms with Crippen molar-refractivity contribution >= 4 is 0 Å². The van der Waals surface area contributed by atoms with Crippen molar-refractivity contribution in [3.8, 4) is 0 Å². The predicted molar refractivity (Wildman–Crippen MR) is 74.0 cm³/mol. The van der Waals surface area contributed by atoms with Crippen molar-refractivity contribution in [1.29, 1.82) is 0 Å². The van der Waals surface area contributed by atoms with Gasteiger partial charge in [0.1, 0.15) is 18.1 Å². The van der Waals surface area contributed by atoms with Gasteiger partial charge >= 0.3 is 0 Å². The van der Waals surface area contributed by atoms with E-state index in [0.29, 0.717) is 12.7 Å². The van der Waals surface area contributed by atoms with Crippen LogP contribution in [0, 0.1) is 0 Å². The lowest BCUT2D eigenvalue weighted by molar-refractivity contribution is 0.0260. The molecule has 2 heterocycles. The third kappa shape index (κ3) is 3.81. The first kappa shape index (κ1) is 14.6. The zero-order valence-electron chi connectivity index (χ0n) is 12.1. The van der Waals surface area contributed by atoms with Crippen LogP contribution >= 0.6 is 0 Å². The second-order valence-electron chi connectivity index (χ2n) is 5.23. The monoisotopic (exact) mass is 267 g/mol. The van der Waals surface area contributed by atoms with Crippen LogP contribution in [0.15, 0.2) is 16.5 Å². The largest absolute Gasteiger partial charge is 0.462 e. The molecule has 3 atom stereocenters. The quantitative estimate of drug-likeness (QED) is 0.824. The van der Waals surface area contributed by atoms with Crippen molar-refractivity contribution in [2.45, 2.75) is 58.0 Å². The molecule has 0 amide bonds. The molecule has 1 aliphatic heterocycles. The Bertz CT molecular complexity index is 377. The van der Waals surface area contributed by atoms with Gasteiger partial charge in [0.05, 0.1) is 18.2 Å². The minimum absolute atomic E-state index is 0.149. The number of nitrogens with one attached hydrogen (secondary N) is 1. The molecule has 0 radical (unpaired) electrons. The average molecular weight is 267 g/mol. The van der Waals surface area contributed by atoms with Gasteiger partial charge in [-0.25, -0.2) is 0 Å². The molecule has 3 unspecified atom stereocenters. The van der Waals surface area contributed by atoms with Crippen LogP contribution in [0.5, 0.6) is 0 Å². The van der Waals surface area contributed by atoms with E-state index in [1.807, 2.05) is 12.1 Å². The fraction of sp³-hybridized carbons (Fsp3) is 0.733. The number of furan rings is 1. The maximum absolute atomic E-state index is 5.99. The molecule has 0 spiro atoms. The van der Waals surface area contributed by atoms with Crippen LogP contribution < -0.4 is 5.32 Å². The Hall–Kier alpha value is -0.840. The summed E-state index contributed by atoms with van der Waals surface area (Å²) < 4.78 is 17.0. The number of rotatable bonds is 7. The minimum Gasteiger partial charge on any atom is -0.462 e. The summed E-state index contributed by atoms with van der Waals surface area (Å²) in [6.07, 6.45) is 3.88. The average Bonchev–Trinajstić information content (AvgIpc) is 3.01. The van der Waals surface area contributed by atoms with E-state index in [4.69, 9.17) is 13.9 Å². The van der Waals surface area contributed by atoms with Gasteiger partial charge in [0.25, 0.3) is 0 Å². The van der Waals surface area contributed by atoms with Crippen molar-refractivity contribution in [2.75, 3.05) is 13.7 Å². The molecule has 0 aliphatic carbocycles.